The van der Waals surface area contributed by atoms with Crippen LogP contribution in [0.25, 0.3) is 0 Å². The van der Waals surface area contributed by atoms with Gasteiger partial charge in [0.2, 0.25) is 0 Å². The molecule has 0 radical (unpaired) electrons. The van der Waals surface area contributed by atoms with E-state index in [1.165, 1.54) is 18.4 Å². The van der Waals surface area contributed by atoms with E-state index in [1.54, 1.807) is 0 Å². The summed E-state index contributed by atoms with van der Waals surface area (Å²) in [4.78, 5) is 2.56. The van der Waals surface area contributed by atoms with Gasteiger partial charge in [-0.1, -0.05) is 19.1 Å². The average Bonchev–Trinajstić information content (AvgIpc) is 2.10. The Morgan fingerprint density at radius 1 is 1.50 bits per heavy atom. The fraction of sp³-hybridized carbons (Fsp3) is 0.833. The van der Waals surface area contributed by atoms with E-state index in [9.17, 15) is 0 Å². The first kappa shape index (κ1) is 11.7. The van der Waals surface area contributed by atoms with Crippen LogP contribution in [-0.2, 0) is 0 Å². The molecule has 0 heterocycles. The van der Waals surface area contributed by atoms with Crippen molar-refractivity contribution >= 4 is 0 Å². The standard InChI is InChI=1S/C12H24N2/c1-5-14(9-10(2)3)12-7-6-11(12)8-13-4/h11-13H,2,5-9H2,1,3-4H3. The van der Waals surface area contributed by atoms with Gasteiger partial charge in [-0.3, -0.25) is 4.90 Å². The van der Waals surface area contributed by atoms with Crippen molar-refractivity contribution in [3.63, 3.8) is 0 Å². The minimum atomic E-state index is 0.796. The Hall–Kier alpha value is -0.340. The molecule has 0 saturated heterocycles. The SMILES string of the molecule is C=C(C)CN(CC)C1CCC1CNC. The summed E-state index contributed by atoms with van der Waals surface area (Å²) in [6.45, 7) is 11.7. The van der Waals surface area contributed by atoms with Crippen molar-refractivity contribution in [2.24, 2.45) is 5.92 Å². The second-order valence-electron chi connectivity index (χ2n) is 4.48. The molecule has 0 spiro atoms. The van der Waals surface area contributed by atoms with Gasteiger partial charge in [-0.2, -0.15) is 0 Å². The molecule has 1 fully saturated rings. The van der Waals surface area contributed by atoms with Gasteiger partial charge in [-0.25, -0.2) is 0 Å². The van der Waals surface area contributed by atoms with Crippen molar-refractivity contribution in [1.29, 1.82) is 0 Å². The third-order valence-electron chi connectivity index (χ3n) is 3.19. The number of hydrogen-bond donors (Lipinski definition) is 1. The Kier molecular flexibility index (Phi) is 4.63. The van der Waals surface area contributed by atoms with Crippen molar-refractivity contribution in [3.8, 4) is 0 Å². The highest BCUT2D eigenvalue weighted by Crippen LogP contribution is 2.31. The van der Waals surface area contributed by atoms with Crippen LogP contribution in [0.3, 0.4) is 0 Å². The minimum Gasteiger partial charge on any atom is -0.319 e. The van der Waals surface area contributed by atoms with E-state index in [0.29, 0.717) is 0 Å². The van der Waals surface area contributed by atoms with Gasteiger partial charge in [-0.05, 0) is 45.8 Å². The molecule has 1 saturated carbocycles. The molecule has 0 bridgehead atoms. The normalized spacial score (nSPS) is 26.3. The molecule has 0 aromatic carbocycles. The Bertz CT molecular complexity index is 189. The zero-order valence-corrected chi connectivity index (χ0v) is 9.84. The van der Waals surface area contributed by atoms with Crippen LogP contribution >= 0.6 is 0 Å². The molecule has 0 aromatic rings. The quantitative estimate of drug-likeness (QED) is 0.653. The smallest absolute Gasteiger partial charge is 0.0190 e. The van der Waals surface area contributed by atoms with Crippen molar-refractivity contribution < 1.29 is 0 Å². The van der Waals surface area contributed by atoms with E-state index in [0.717, 1.165) is 31.6 Å². The molecule has 1 N–H and O–H groups in total. The lowest BCUT2D eigenvalue weighted by Gasteiger charge is -2.44. The molecule has 0 amide bonds. The molecule has 14 heavy (non-hydrogen) atoms. The fourth-order valence-corrected chi connectivity index (χ4v) is 2.34. The zero-order valence-electron chi connectivity index (χ0n) is 9.84. The van der Waals surface area contributed by atoms with E-state index in [1.807, 2.05) is 7.05 Å². The van der Waals surface area contributed by atoms with E-state index in [4.69, 9.17) is 0 Å². The molecule has 0 aliphatic heterocycles. The molecular weight excluding hydrogens is 172 g/mol. The lowest BCUT2D eigenvalue weighted by molar-refractivity contribution is 0.0751. The Morgan fingerprint density at radius 2 is 2.21 bits per heavy atom. The summed E-state index contributed by atoms with van der Waals surface area (Å²) in [6.07, 6.45) is 2.76. The number of nitrogens with zero attached hydrogens (tertiary/aromatic N) is 1. The van der Waals surface area contributed by atoms with Crippen LogP contribution in [0.4, 0.5) is 0 Å². The predicted octanol–water partition coefficient (Wildman–Crippen LogP) is 1.88. The van der Waals surface area contributed by atoms with Crippen molar-refractivity contribution in [2.75, 3.05) is 26.7 Å². The lowest BCUT2D eigenvalue weighted by atomic mass is 9.78. The number of nitrogens with one attached hydrogen (secondary N) is 1. The summed E-state index contributed by atoms with van der Waals surface area (Å²) < 4.78 is 0. The summed E-state index contributed by atoms with van der Waals surface area (Å²) in [7, 11) is 2.05. The van der Waals surface area contributed by atoms with Crippen LogP contribution in [0, 0.1) is 5.92 Å². The average molecular weight is 196 g/mol. The molecule has 1 rings (SSSR count). The van der Waals surface area contributed by atoms with Crippen LogP contribution in [0.2, 0.25) is 0 Å². The lowest BCUT2D eigenvalue weighted by Crippen LogP contribution is -2.50. The second-order valence-corrected chi connectivity index (χ2v) is 4.48. The first-order chi connectivity index (χ1) is 6.69. The summed E-state index contributed by atoms with van der Waals surface area (Å²) in [5, 5.41) is 3.28. The maximum absolute atomic E-state index is 4.00. The van der Waals surface area contributed by atoms with E-state index in [2.05, 4.69) is 30.6 Å². The van der Waals surface area contributed by atoms with Crippen LogP contribution < -0.4 is 5.32 Å². The zero-order chi connectivity index (χ0) is 10.6. The highest BCUT2D eigenvalue weighted by molar-refractivity contribution is 4.97. The van der Waals surface area contributed by atoms with E-state index >= 15 is 0 Å². The molecule has 2 nitrogen and oxygen atoms in total. The number of rotatable bonds is 6. The molecule has 2 heteroatoms. The second kappa shape index (κ2) is 5.52. The number of hydrogen-bond acceptors (Lipinski definition) is 2. The van der Waals surface area contributed by atoms with Gasteiger partial charge >= 0.3 is 0 Å². The third kappa shape index (κ3) is 2.82. The summed E-state index contributed by atoms with van der Waals surface area (Å²) >= 11 is 0. The van der Waals surface area contributed by atoms with Crippen molar-refractivity contribution in [3.05, 3.63) is 12.2 Å². The van der Waals surface area contributed by atoms with Crippen LogP contribution in [0.5, 0.6) is 0 Å². The summed E-state index contributed by atoms with van der Waals surface area (Å²) in [5.41, 5.74) is 1.28. The van der Waals surface area contributed by atoms with Gasteiger partial charge in [0.1, 0.15) is 0 Å². The van der Waals surface area contributed by atoms with Crippen molar-refractivity contribution in [2.45, 2.75) is 32.7 Å². The van der Waals surface area contributed by atoms with Gasteiger partial charge in [0, 0.05) is 12.6 Å². The first-order valence-corrected chi connectivity index (χ1v) is 5.72. The van der Waals surface area contributed by atoms with Crippen LogP contribution in [0.15, 0.2) is 12.2 Å². The molecular formula is C12H24N2. The first-order valence-electron chi connectivity index (χ1n) is 5.72. The largest absolute Gasteiger partial charge is 0.319 e. The molecule has 2 unspecified atom stereocenters. The van der Waals surface area contributed by atoms with E-state index < -0.39 is 0 Å². The van der Waals surface area contributed by atoms with Gasteiger partial charge in [0.25, 0.3) is 0 Å². The molecule has 82 valence electrons. The Morgan fingerprint density at radius 3 is 2.57 bits per heavy atom. The maximum atomic E-state index is 4.00. The Balaban J connectivity index is 2.40. The highest BCUT2D eigenvalue weighted by Gasteiger charge is 2.33. The van der Waals surface area contributed by atoms with Gasteiger partial charge in [0.15, 0.2) is 0 Å². The molecule has 0 aromatic heterocycles. The molecule has 2 atom stereocenters. The third-order valence-corrected chi connectivity index (χ3v) is 3.19. The predicted molar refractivity (Wildman–Crippen MR) is 62.5 cm³/mol. The minimum absolute atomic E-state index is 0.796. The van der Waals surface area contributed by atoms with Crippen LogP contribution in [0.1, 0.15) is 26.7 Å². The molecule has 1 aliphatic rings. The van der Waals surface area contributed by atoms with Gasteiger partial charge < -0.3 is 5.32 Å². The number of likely N-dealkylation sites (N-methyl/N-ethyl adjacent to an activating group) is 1. The summed E-state index contributed by atoms with van der Waals surface area (Å²) in [5.74, 6) is 0.860. The topological polar surface area (TPSA) is 15.3 Å². The van der Waals surface area contributed by atoms with Crippen molar-refractivity contribution in [1.82, 2.24) is 10.2 Å². The Labute approximate surface area is 88.4 Å². The fourth-order valence-electron chi connectivity index (χ4n) is 2.34. The van der Waals surface area contributed by atoms with Gasteiger partial charge in [-0.15, -0.1) is 0 Å². The van der Waals surface area contributed by atoms with E-state index in [-0.39, 0.29) is 0 Å². The monoisotopic (exact) mass is 196 g/mol. The summed E-state index contributed by atoms with van der Waals surface area (Å²) in [6, 6.07) is 0.796. The van der Waals surface area contributed by atoms with Gasteiger partial charge in [0.05, 0.1) is 0 Å². The van der Waals surface area contributed by atoms with Crippen LogP contribution in [-0.4, -0.2) is 37.6 Å². The highest BCUT2D eigenvalue weighted by atomic mass is 15.2. The molecule has 1 aliphatic carbocycles. The maximum Gasteiger partial charge on any atom is 0.0190 e.